The molecule has 0 unspecified atom stereocenters. The summed E-state index contributed by atoms with van der Waals surface area (Å²) in [5, 5.41) is 9.16. The van der Waals surface area contributed by atoms with Gasteiger partial charge in [-0.1, -0.05) is 18.6 Å². The van der Waals surface area contributed by atoms with Crippen molar-refractivity contribution in [2.24, 2.45) is 0 Å². The van der Waals surface area contributed by atoms with Crippen molar-refractivity contribution in [3.05, 3.63) is 29.8 Å². The minimum atomic E-state index is 0.358. The maximum absolute atomic E-state index is 9.16. The van der Waals surface area contributed by atoms with Gasteiger partial charge in [-0.3, -0.25) is 0 Å². The first-order chi connectivity index (χ1) is 7.34. The van der Waals surface area contributed by atoms with Gasteiger partial charge in [-0.2, -0.15) is 0 Å². The molecule has 0 spiro atoms. The number of phenols is 1. The number of hydrogen-bond donors (Lipinski definition) is 1. The van der Waals surface area contributed by atoms with Gasteiger partial charge in [0.15, 0.2) is 0 Å². The highest BCUT2D eigenvalue weighted by atomic mass is 16.3. The maximum Gasteiger partial charge on any atom is 0.115 e. The summed E-state index contributed by atoms with van der Waals surface area (Å²) in [5.41, 5.74) is 1.32. The molecule has 1 N–H and O–H groups in total. The molecule has 1 fully saturated rings. The van der Waals surface area contributed by atoms with E-state index < -0.39 is 0 Å². The third-order valence-corrected chi connectivity index (χ3v) is 3.10. The molecule has 1 aliphatic rings. The van der Waals surface area contributed by atoms with Crippen LogP contribution in [0.1, 0.15) is 24.8 Å². The molecule has 1 aliphatic heterocycles. The number of nitrogens with zero attached hydrogens (tertiary/aromatic N) is 1. The third-order valence-electron chi connectivity index (χ3n) is 3.10. The van der Waals surface area contributed by atoms with E-state index in [1.54, 1.807) is 12.1 Å². The molecular weight excluding hydrogens is 186 g/mol. The molecule has 0 bridgehead atoms. The third kappa shape index (κ3) is 3.24. The van der Waals surface area contributed by atoms with Crippen molar-refractivity contribution in [1.29, 1.82) is 0 Å². The number of benzene rings is 1. The Morgan fingerprint density at radius 1 is 1.00 bits per heavy atom. The van der Waals surface area contributed by atoms with Crippen molar-refractivity contribution in [3.8, 4) is 5.75 Å². The highest BCUT2D eigenvalue weighted by Crippen LogP contribution is 2.12. The van der Waals surface area contributed by atoms with Gasteiger partial charge in [0.1, 0.15) is 5.75 Å². The lowest BCUT2D eigenvalue weighted by atomic mass is 10.1. The normalized spacial score (nSPS) is 17.9. The van der Waals surface area contributed by atoms with Gasteiger partial charge in [0, 0.05) is 6.54 Å². The zero-order valence-corrected chi connectivity index (χ0v) is 9.15. The summed E-state index contributed by atoms with van der Waals surface area (Å²) in [7, 11) is 0. The molecule has 0 saturated carbocycles. The molecule has 0 amide bonds. The minimum Gasteiger partial charge on any atom is -0.508 e. The highest BCUT2D eigenvalue weighted by Gasteiger charge is 2.09. The van der Waals surface area contributed by atoms with E-state index in [0.29, 0.717) is 5.75 Å². The summed E-state index contributed by atoms with van der Waals surface area (Å²) in [6.07, 6.45) is 5.21. The Morgan fingerprint density at radius 2 is 1.67 bits per heavy atom. The molecule has 2 nitrogen and oxygen atoms in total. The Morgan fingerprint density at radius 3 is 2.33 bits per heavy atom. The summed E-state index contributed by atoms with van der Waals surface area (Å²) in [4.78, 5) is 2.54. The van der Waals surface area contributed by atoms with E-state index in [-0.39, 0.29) is 0 Å². The molecule has 1 aromatic rings. The zero-order valence-electron chi connectivity index (χ0n) is 9.15. The van der Waals surface area contributed by atoms with Crippen molar-refractivity contribution in [2.75, 3.05) is 19.6 Å². The molecule has 15 heavy (non-hydrogen) atoms. The van der Waals surface area contributed by atoms with E-state index in [1.807, 2.05) is 12.1 Å². The predicted octanol–water partition coefficient (Wildman–Crippen LogP) is 2.42. The van der Waals surface area contributed by atoms with Gasteiger partial charge in [0.2, 0.25) is 0 Å². The van der Waals surface area contributed by atoms with Gasteiger partial charge in [0.05, 0.1) is 0 Å². The SMILES string of the molecule is Oc1ccc(CCN2CCCCC2)cc1. The predicted molar refractivity (Wildman–Crippen MR) is 62.1 cm³/mol. The number of likely N-dealkylation sites (tertiary alicyclic amines) is 1. The van der Waals surface area contributed by atoms with Crippen LogP contribution in [0.3, 0.4) is 0 Å². The highest BCUT2D eigenvalue weighted by molar-refractivity contribution is 5.25. The lowest BCUT2D eigenvalue weighted by Gasteiger charge is -2.26. The van der Waals surface area contributed by atoms with Gasteiger partial charge in [-0.25, -0.2) is 0 Å². The van der Waals surface area contributed by atoms with E-state index >= 15 is 0 Å². The average molecular weight is 205 g/mol. The molecule has 82 valence electrons. The van der Waals surface area contributed by atoms with Crippen LogP contribution in [0.25, 0.3) is 0 Å². The molecule has 2 rings (SSSR count). The Bertz CT molecular complexity index is 288. The minimum absolute atomic E-state index is 0.358. The van der Waals surface area contributed by atoms with Crippen molar-refractivity contribution < 1.29 is 5.11 Å². The van der Waals surface area contributed by atoms with Crippen LogP contribution in [0.15, 0.2) is 24.3 Å². The number of aromatic hydroxyl groups is 1. The second-order valence-electron chi connectivity index (χ2n) is 4.32. The maximum atomic E-state index is 9.16. The van der Waals surface area contributed by atoms with Crippen LogP contribution in [-0.4, -0.2) is 29.6 Å². The first kappa shape index (κ1) is 10.5. The number of hydrogen-bond acceptors (Lipinski definition) is 2. The summed E-state index contributed by atoms with van der Waals surface area (Å²) < 4.78 is 0. The molecule has 0 atom stereocenters. The number of piperidine rings is 1. The number of phenolic OH excluding ortho intramolecular Hbond substituents is 1. The van der Waals surface area contributed by atoms with Crippen molar-refractivity contribution >= 4 is 0 Å². The van der Waals surface area contributed by atoms with Gasteiger partial charge >= 0.3 is 0 Å². The van der Waals surface area contributed by atoms with E-state index in [4.69, 9.17) is 5.11 Å². The van der Waals surface area contributed by atoms with E-state index in [1.165, 1.54) is 37.9 Å². The Hall–Kier alpha value is -1.02. The monoisotopic (exact) mass is 205 g/mol. The Kier molecular flexibility index (Phi) is 3.62. The first-order valence-corrected chi connectivity index (χ1v) is 5.85. The molecule has 0 radical (unpaired) electrons. The zero-order chi connectivity index (χ0) is 10.5. The molecule has 0 aliphatic carbocycles. The average Bonchev–Trinajstić information content (AvgIpc) is 2.30. The van der Waals surface area contributed by atoms with E-state index in [0.717, 1.165) is 13.0 Å². The first-order valence-electron chi connectivity index (χ1n) is 5.85. The van der Waals surface area contributed by atoms with Crippen molar-refractivity contribution in [1.82, 2.24) is 4.90 Å². The molecule has 1 saturated heterocycles. The molecule has 1 heterocycles. The van der Waals surface area contributed by atoms with Gasteiger partial charge in [-0.15, -0.1) is 0 Å². The van der Waals surface area contributed by atoms with Crippen LogP contribution < -0.4 is 0 Å². The quantitative estimate of drug-likeness (QED) is 0.819. The summed E-state index contributed by atoms with van der Waals surface area (Å²) in [6, 6.07) is 7.57. The van der Waals surface area contributed by atoms with Crippen molar-refractivity contribution in [2.45, 2.75) is 25.7 Å². The van der Waals surface area contributed by atoms with Crippen LogP contribution in [-0.2, 0) is 6.42 Å². The van der Waals surface area contributed by atoms with Gasteiger partial charge in [0.25, 0.3) is 0 Å². The summed E-state index contributed by atoms with van der Waals surface area (Å²) in [5.74, 6) is 0.358. The van der Waals surface area contributed by atoms with Crippen LogP contribution in [0.2, 0.25) is 0 Å². The number of rotatable bonds is 3. The fourth-order valence-electron chi connectivity index (χ4n) is 2.13. The second-order valence-corrected chi connectivity index (χ2v) is 4.32. The summed E-state index contributed by atoms with van der Waals surface area (Å²) in [6.45, 7) is 3.68. The molecular formula is C13H19NO. The largest absolute Gasteiger partial charge is 0.508 e. The second kappa shape index (κ2) is 5.17. The van der Waals surface area contributed by atoms with Crippen LogP contribution in [0, 0.1) is 0 Å². The fraction of sp³-hybridized carbons (Fsp3) is 0.538. The van der Waals surface area contributed by atoms with Crippen LogP contribution >= 0.6 is 0 Å². The molecule has 0 aromatic heterocycles. The van der Waals surface area contributed by atoms with Gasteiger partial charge < -0.3 is 10.0 Å². The van der Waals surface area contributed by atoms with E-state index in [9.17, 15) is 0 Å². The smallest absolute Gasteiger partial charge is 0.115 e. The van der Waals surface area contributed by atoms with E-state index in [2.05, 4.69) is 4.90 Å². The Balaban J connectivity index is 1.79. The standard InChI is InChI=1S/C13H19NO/c15-13-6-4-12(5-7-13)8-11-14-9-2-1-3-10-14/h4-7,15H,1-3,8-11H2. The topological polar surface area (TPSA) is 23.5 Å². The van der Waals surface area contributed by atoms with Crippen LogP contribution in [0.4, 0.5) is 0 Å². The summed E-state index contributed by atoms with van der Waals surface area (Å²) >= 11 is 0. The lowest BCUT2D eigenvalue weighted by molar-refractivity contribution is 0.231. The van der Waals surface area contributed by atoms with Crippen LogP contribution in [0.5, 0.6) is 5.75 Å². The molecule has 1 aromatic carbocycles. The lowest BCUT2D eigenvalue weighted by Crippen LogP contribution is -2.31. The fourth-order valence-corrected chi connectivity index (χ4v) is 2.13. The molecule has 2 heteroatoms. The van der Waals surface area contributed by atoms with Gasteiger partial charge in [-0.05, 0) is 50.0 Å². The Labute approximate surface area is 91.5 Å². The van der Waals surface area contributed by atoms with Crippen molar-refractivity contribution in [3.63, 3.8) is 0 Å².